The van der Waals surface area contributed by atoms with Crippen LogP contribution in [-0.2, 0) is 0 Å². The van der Waals surface area contributed by atoms with Crippen molar-refractivity contribution in [2.24, 2.45) is 16.9 Å². The van der Waals surface area contributed by atoms with Crippen molar-refractivity contribution in [1.82, 2.24) is 19.8 Å². The van der Waals surface area contributed by atoms with Crippen molar-refractivity contribution in [3.63, 3.8) is 0 Å². The van der Waals surface area contributed by atoms with E-state index in [4.69, 9.17) is 0 Å². The number of urea groups is 1. The van der Waals surface area contributed by atoms with E-state index >= 15 is 0 Å². The fourth-order valence-corrected chi connectivity index (χ4v) is 8.33. The molecule has 37 heavy (non-hydrogen) atoms. The van der Waals surface area contributed by atoms with E-state index in [9.17, 15) is 9.59 Å². The van der Waals surface area contributed by atoms with E-state index in [1.807, 2.05) is 28.8 Å². The minimum Gasteiger partial charge on any atom is -0.305 e. The van der Waals surface area contributed by atoms with Crippen LogP contribution in [0.15, 0.2) is 46.4 Å². The fourth-order valence-electron chi connectivity index (χ4n) is 8.33. The lowest BCUT2D eigenvalue weighted by Crippen LogP contribution is -2.58. The number of nitrogens with zero attached hydrogens (tertiary/aromatic N) is 5. The lowest BCUT2D eigenvalue weighted by atomic mass is 9.68. The molecular formula is C29H36N6O2. The highest BCUT2D eigenvalue weighted by Crippen LogP contribution is 2.47. The van der Waals surface area contributed by atoms with Gasteiger partial charge in [0.25, 0.3) is 5.56 Å². The van der Waals surface area contributed by atoms with Crippen LogP contribution in [0.3, 0.4) is 0 Å². The third kappa shape index (κ3) is 4.00. The Bertz CT molecular complexity index is 1310. The first-order valence-corrected chi connectivity index (χ1v) is 14.2. The normalized spacial score (nSPS) is 34.0. The van der Waals surface area contributed by atoms with Gasteiger partial charge in [0.2, 0.25) is 5.82 Å². The van der Waals surface area contributed by atoms with E-state index in [1.165, 1.54) is 64.0 Å². The van der Waals surface area contributed by atoms with Crippen molar-refractivity contribution >= 4 is 29.1 Å². The van der Waals surface area contributed by atoms with Crippen LogP contribution in [0.25, 0.3) is 11.0 Å². The summed E-state index contributed by atoms with van der Waals surface area (Å²) in [6.45, 7) is 3.74. The molecule has 4 bridgehead atoms. The van der Waals surface area contributed by atoms with Gasteiger partial charge in [-0.2, -0.15) is 10.1 Å². The molecule has 2 amide bonds. The van der Waals surface area contributed by atoms with Gasteiger partial charge in [-0.05, 0) is 68.9 Å². The zero-order valence-electron chi connectivity index (χ0n) is 21.4. The summed E-state index contributed by atoms with van der Waals surface area (Å²) in [7, 11) is 0. The second kappa shape index (κ2) is 9.08. The smallest absolute Gasteiger partial charge is 0.305 e. The van der Waals surface area contributed by atoms with Crippen LogP contribution in [0.5, 0.6) is 0 Å². The molecule has 4 fully saturated rings. The Labute approximate surface area is 217 Å². The highest BCUT2D eigenvalue weighted by Gasteiger charge is 2.45. The van der Waals surface area contributed by atoms with Crippen molar-refractivity contribution in [2.45, 2.75) is 94.8 Å². The van der Waals surface area contributed by atoms with Gasteiger partial charge in [-0.3, -0.25) is 9.69 Å². The molecule has 8 nitrogen and oxygen atoms in total. The molecule has 4 heterocycles. The summed E-state index contributed by atoms with van der Waals surface area (Å²) in [5.41, 5.74) is 1.69. The average Bonchev–Trinajstić information content (AvgIpc) is 2.88. The van der Waals surface area contributed by atoms with Gasteiger partial charge < -0.3 is 9.88 Å². The van der Waals surface area contributed by atoms with Crippen LogP contribution in [0.4, 0.5) is 10.6 Å². The Morgan fingerprint density at radius 1 is 0.838 bits per heavy atom. The van der Waals surface area contributed by atoms with Gasteiger partial charge >= 0.3 is 6.03 Å². The summed E-state index contributed by atoms with van der Waals surface area (Å²) in [5, 5.41) is 7.91. The molecule has 2 saturated heterocycles. The number of benzene rings is 1. The van der Waals surface area contributed by atoms with Crippen LogP contribution < -0.4 is 15.9 Å². The van der Waals surface area contributed by atoms with Crippen LogP contribution in [0, 0.1) is 11.8 Å². The van der Waals surface area contributed by atoms with Gasteiger partial charge in [0.1, 0.15) is 0 Å². The molecule has 6 atom stereocenters. The van der Waals surface area contributed by atoms with Crippen molar-refractivity contribution in [2.75, 3.05) is 5.01 Å². The molecule has 0 spiro atoms. The second-order valence-electron chi connectivity index (χ2n) is 11.9. The number of rotatable bonds is 3. The largest absolute Gasteiger partial charge is 0.348 e. The molecule has 1 aromatic heterocycles. The van der Waals surface area contributed by atoms with Gasteiger partial charge in [-0.15, -0.1) is 0 Å². The number of anilines is 1. The van der Waals surface area contributed by atoms with E-state index in [1.54, 1.807) is 0 Å². The third-order valence-electron chi connectivity index (χ3n) is 9.66. The summed E-state index contributed by atoms with van der Waals surface area (Å²) in [4.78, 5) is 34.2. The number of hydrazone groups is 1. The second-order valence-corrected chi connectivity index (χ2v) is 11.9. The summed E-state index contributed by atoms with van der Waals surface area (Å²) < 4.78 is 1.93. The van der Waals surface area contributed by atoms with E-state index in [0.29, 0.717) is 29.3 Å². The van der Waals surface area contributed by atoms with Crippen molar-refractivity contribution in [3.05, 3.63) is 46.9 Å². The van der Waals surface area contributed by atoms with Crippen molar-refractivity contribution < 1.29 is 4.79 Å². The first kappa shape index (κ1) is 23.1. The van der Waals surface area contributed by atoms with Gasteiger partial charge in [-0.1, -0.05) is 44.4 Å². The molecule has 8 heteroatoms. The third-order valence-corrected chi connectivity index (χ3v) is 9.66. The summed E-state index contributed by atoms with van der Waals surface area (Å²) in [6, 6.07) is 9.11. The standard InChI is InChI=1S/C29H36N6O2/c1-18-17-30-35(29(37)31-18)27-28(36)34(26-11-3-2-10-25(26)32-27)24-15-21-8-5-9-22(16-24)33(21)23-13-19-6-4-7-20(12-19)14-23/h2-3,10-11,17,19-24H,1,4-9,12-16H2,(H,31,37)/t19-,20+,21-,22+,23+,24+. The first-order chi connectivity index (χ1) is 18.0. The Morgan fingerprint density at radius 2 is 1.54 bits per heavy atom. The van der Waals surface area contributed by atoms with E-state index in [2.05, 4.69) is 26.9 Å². The fraction of sp³-hybridized carbons (Fsp3) is 0.586. The lowest BCUT2D eigenvalue weighted by Gasteiger charge is -2.55. The predicted octanol–water partition coefficient (Wildman–Crippen LogP) is 4.95. The number of carbonyl (C=O) groups excluding carboxylic acids is 1. The molecular weight excluding hydrogens is 464 g/mol. The maximum atomic E-state index is 14.0. The van der Waals surface area contributed by atoms with Crippen LogP contribution in [0.1, 0.15) is 76.7 Å². The van der Waals surface area contributed by atoms with Gasteiger partial charge in [-0.25, -0.2) is 9.78 Å². The lowest BCUT2D eigenvalue weighted by molar-refractivity contribution is -0.0485. The van der Waals surface area contributed by atoms with Crippen LogP contribution in [0.2, 0.25) is 0 Å². The number of fused-ring (bicyclic) bond motifs is 5. The molecule has 2 saturated carbocycles. The Kier molecular flexibility index (Phi) is 5.68. The Balaban J connectivity index is 1.25. The molecule has 2 aromatic rings. The van der Waals surface area contributed by atoms with E-state index in [-0.39, 0.29) is 17.4 Å². The summed E-state index contributed by atoms with van der Waals surface area (Å²) >= 11 is 0. The maximum Gasteiger partial charge on any atom is 0.348 e. The Morgan fingerprint density at radius 3 is 2.27 bits per heavy atom. The molecule has 194 valence electrons. The van der Waals surface area contributed by atoms with Crippen LogP contribution >= 0.6 is 0 Å². The molecule has 3 aliphatic heterocycles. The number of aromatic nitrogens is 2. The van der Waals surface area contributed by atoms with E-state index in [0.717, 1.165) is 35.2 Å². The van der Waals surface area contributed by atoms with Crippen molar-refractivity contribution in [3.8, 4) is 0 Å². The zero-order valence-corrected chi connectivity index (χ0v) is 21.4. The maximum absolute atomic E-state index is 14.0. The van der Waals surface area contributed by atoms with Gasteiger partial charge in [0.15, 0.2) is 0 Å². The zero-order chi connectivity index (χ0) is 25.1. The summed E-state index contributed by atoms with van der Waals surface area (Å²) in [5.74, 6) is 1.88. The molecule has 2 aliphatic carbocycles. The predicted molar refractivity (Wildman–Crippen MR) is 145 cm³/mol. The number of allylic oxidation sites excluding steroid dienone is 1. The number of hydrogen-bond acceptors (Lipinski definition) is 5. The molecule has 5 aliphatic rings. The minimum atomic E-state index is -0.506. The number of para-hydroxylation sites is 2. The highest BCUT2D eigenvalue weighted by atomic mass is 16.2. The monoisotopic (exact) mass is 500 g/mol. The number of amides is 2. The quantitative estimate of drug-likeness (QED) is 0.646. The molecule has 1 N–H and O–H groups in total. The Hall–Kier alpha value is -3.00. The highest BCUT2D eigenvalue weighted by molar-refractivity contribution is 6.00. The number of hydrogen-bond donors (Lipinski definition) is 1. The van der Waals surface area contributed by atoms with Gasteiger partial charge in [0, 0.05) is 24.2 Å². The molecule has 0 radical (unpaired) electrons. The van der Waals surface area contributed by atoms with Crippen molar-refractivity contribution in [1.29, 1.82) is 0 Å². The minimum absolute atomic E-state index is 0.0487. The SMILES string of the molecule is C=C1C=NN(c2nc3ccccc3n([C@H]3C[C@H]4CCC[C@@H](C3)N4[C@H]3C[C@@H]4CCC[C@@H](C4)C3)c2=O)C(=O)N1. The molecule has 0 unspecified atom stereocenters. The average molecular weight is 501 g/mol. The topological polar surface area (TPSA) is 82.8 Å². The first-order valence-electron chi connectivity index (χ1n) is 14.2. The number of nitrogens with one attached hydrogen (secondary N) is 1. The van der Waals surface area contributed by atoms with E-state index < -0.39 is 6.03 Å². The summed E-state index contributed by atoms with van der Waals surface area (Å²) in [6.07, 6.45) is 15.5. The number of piperidine rings is 2. The molecule has 7 rings (SSSR count). The van der Waals surface area contributed by atoms with Crippen LogP contribution in [-0.4, -0.2) is 44.8 Å². The van der Waals surface area contributed by atoms with Gasteiger partial charge in [0.05, 0.1) is 22.9 Å². The number of carbonyl (C=O) groups is 1. The molecule has 1 aromatic carbocycles.